The Balaban J connectivity index is 2.00. The number of sulfone groups is 1. The van der Waals surface area contributed by atoms with Crippen LogP contribution >= 0.6 is 0 Å². The predicted molar refractivity (Wildman–Crippen MR) is 84.1 cm³/mol. The van der Waals surface area contributed by atoms with Gasteiger partial charge in [0.15, 0.2) is 9.84 Å². The van der Waals surface area contributed by atoms with Gasteiger partial charge in [-0.25, -0.2) is 8.42 Å². The first-order valence-corrected chi connectivity index (χ1v) is 8.61. The summed E-state index contributed by atoms with van der Waals surface area (Å²) in [5.41, 5.74) is 2.65. The monoisotopic (exact) mass is 305 g/mol. The van der Waals surface area contributed by atoms with Gasteiger partial charge in [-0.2, -0.15) is 0 Å². The summed E-state index contributed by atoms with van der Waals surface area (Å²) in [7, 11) is -3.23. The fourth-order valence-corrected chi connectivity index (χ4v) is 2.95. The Morgan fingerprint density at radius 3 is 2.24 bits per heavy atom. The van der Waals surface area contributed by atoms with Crippen molar-refractivity contribution in [3.8, 4) is 0 Å². The first-order valence-electron chi connectivity index (χ1n) is 6.72. The van der Waals surface area contributed by atoms with Crippen LogP contribution in [0.3, 0.4) is 0 Å². The average Bonchev–Trinajstić information content (AvgIpc) is 2.47. The maximum Gasteiger partial charge on any atom is 0.177 e. The highest BCUT2D eigenvalue weighted by molar-refractivity contribution is 7.90. The molecule has 0 spiro atoms. The molecule has 5 heteroatoms. The van der Waals surface area contributed by atoms with Crippen molar-refractivity contribution >= 4 is 15.5 Å². The molecule has 4 nitrogen and oxygen atoms in total. The number of para-hydroxylation sites is 1. The Kier molecular flexibility index (Phi) is 4.98. The van der Waals surface area contributed by atoms with Crippen LogP contribution in [0.1, 0.15) is 11.1 Å². The van der Waals surface area contributed by atoms with Gasteiger partial charge in [-0.1, -0.05) is 36.4 Å². The minimum absolute atomic E-state index is 0.0419. The average molecular weight is 305 g/mol. The summed E-state index contributed by atoms with van der Waals surface area (Å²) in [6.07, 6.45) is 1.99. The van der Waals surface area contributed by atoms with Crippen LogP contribution in [0.4, 0.5) is 5.69 Å². The summed E-state index contributed by atoms with van der Waals surface area (Å²) in [6, 6.07) is 14.6. The van der Waals surface area contributed by atoms with Gasteiger partial charge in [-0.05, 0) is 29.7 Å². The number of nitrogens with one attached hydrogen (secondary N) is 1. The number of hydrogen-bond acceptors (Lipinski definition) is 4. The number of rotatable bonds is 6. The third kappa shape index (κ3) is 4.31. The van der Waals surface area contributed by atoms with Crippen molar-refractivity contribution in [2.24, 2.45) is 0 Å². The lowest BCUT2D eigenvalue weighted by Gasteiger charge is -2.10. The second kappa shape index (κ2) is 6.74. The molecule has 2 aromatic carbocycles. The molecule has 0 unspecified atom stereocenters. The summed E-state index contributed by atoms with van der Waals surface area (Å²) in [5, 5.41) is 12.2. The highest BCUT2D eigenvalue weighted by atomic mass is 32.2. The van der Waals surface area contributed by atoms with Crippen molar-refractivity contribution in [2.45, 2.75) is 17.9 Å². The second-order valence-electron chi connectivity index (χ2n) is 4.92. The molecule has 0 bridgehead atoms. The smallest absolute Gasteiger partial charge is 0.177 e. The van der Waals surface area contributed by atoms with Crippen molar-refractivity contribution in [1.29, 1.82) is 0 Å². The van der Waals surface area contributed by atoms with E-state index in [9.17, 15) is 8.42 Å². The fourth-order valence-electron chi connectivity index (χ4n) is 2.09. The maximum absolute atomic E-state index is 11.7. The van der Waals surface area contributed by atoms with Crippen molar-refractivity contribution in [3.63, 3.8) is 0 Å². The number of hydrogen-bond donors (Lipinski definition) is 2. The van der Waals surface area contributed by atoms with Crippen molar-refractivity contribution in [1.82, 2.24) is 0 Å². The lowest BCUT2D eigenvalue weighted by atomic mass is 10.1. The number of benzene rings is 2. The topological polar surface area (TPSA) is 66.4 Å². The Bertz CT molecular complexity index is 694. The van der Waals surface area contributed by atoms with Crippen LogP contribution < -0.4 is 5.32 Å². The molecule has 21 heavy (non-hydrogen) atoms. The lowest BCUT2D eigenvalue weighted by Crippen LogP contribution is -2.09. The van der Waals surface area contributed by atoms with Crippen molar-refractivity contribution in [2.75, 3.05) is 18.1 Å². The van der Waals surface area contributed by atoms with Gasteiger partial charge in [0.1, 0.15) is 0 Å². The number of anilines is 1. The van der Waals surface area contributed by atoms with Crippen LogP contribution in [-0.4, -0.2) is 26.3 Å². The Hall–Kier alpha value is -1.85. The van der Waals surface area contributed by atoms with E-state index in [-0.39, 0.29) is 6.61 Å². The molecular formula is C16H19NO3S. The molecule has 2 N–H and O–H groups in total. The van der Waals surface area contributed by atoms with Gasteiger partial charge in [0.05, 0.1) is 17.2 Å². The van der Waals surface area contributed by atoms with Gasteiger partial charge in [0, 0.05) is 12.8 Å². The molecule has 0 atom stereocenters. The zero-order chi connectivity index (χ0) is 15.3. The minimum atomic E-state index is -3.23. The van der Waals surface area contributed by atoms with Gasteiger partial charge in [-0.15, -0.1) is 0 Å². The quantitative estimate of drug-likeness (QED) is 0.859. The normalized spacial score (nSPS) is 11.3. The molecule has 0 saturated carbocycles. The number of aliphatic hydroxyl groups excluding tert-OH is 1. The van der Waals surface area contributed by atoms with Crippen LogP contribution in [0.2, 0.25) is 0 Å². The molecule has 0 aliphatic rings. The lowest BCUT2D eigenvalue weighted by molar-refractivity contribution is 0.282. The van der Waals surface area contributed by atoms with E-state index in [1.54, 1.807) is 18.2 Å². The van der Waals surface area contributed by atoms with Crippen molar-refractivity contribution < 1.29 is 13.5 Å². The van der Waals surface area contributed by atoms with Crippen LogP contribution in [0.15, 0.2) is 53.4 Å². The number of aliphatic hydroxyl groups is 1. The Morgan fingerprint density at radius 2 is 1.62 bits per heavy atom. The van der Waals surface area contributed by atoms with E-state index in [1.807, 2.05) is 30.3 Å². The van der Waals surface area contributed by atoms with Crippen LogP contribution in [-0.2, 0) is 22.9 Å². The molecule has 0 aliphatic carbocycles. The maximum atomic E-state index is 11.7. The van der Waals surface area contributed by atoms with Crippen LogP contribution in [0, 0.1) is 0 Å². The third-order valence-corrected chi connectivity index (χ3v) is 4.38. The first-order chi connectivity index (χ1) is 10.0. The summed E-state index contributed by atoms with van der Waals surface area (Å²) in [6.45, 7) is 0.686. The Labute approximate surface area is 125 Å². The second-order valence-corrected chi connectivity index (χ2v) is 6.90. The van der Waals surface area contributed by atoms with E-state index < -0.39 is 9.84 Å². The molecule has 2 rings (SSSR count). The molecule has 0 amide bonds. The van der Waals surface area contributed by atoms with Gasteiger partial charge in [0.25, 0.3) is 0 Å². The molecule has 0 radical (unpaired) electrons. The van der Waals surface area contributed by atoms with E-state index in [1.165, 1.54) is 6.26 Å². The highest BCUT2D eigenvalue weighted by Gasteiger charge is 2.11. The highest BCUT2D eigenvalue weighted by Crippen LogP contribution is 2.20. The Morgan fingerprint density at radius 1 is 1.00 bits per heavy atom. The van der Waals surface area contributed by atoms with Crippen LogP contribution in [0.25, 0.3) is 0 Å². The summed E-state index contributed by atoms with van der Waals surface area (Å²) in [5.74, 6) is 0. The molecule has 0 fully saturated rings. The fraction of sp³-hybridized carbons (Fsp3) is 0.250. The van der Waals surface area contributed by atoms with Gasteiger partial charge in [-0.3, -0.25) is 0 Å². The molecule has 0 heterocycles. The van der Waals surface area contributed by atoms with Gasteiger partial charge in [0.2, 0.25) is 0 Å². The first kappa shape index (κ1) is 15.5. The summed E-state index contributed by atoms with van der Waals surface area (Å²) < 4.78 is 23.4. The minimum Gasteiger partial charge on any atom is -0.392 e. The zero-order valence-electron chi connectivity index (χ0n) is 11.9. The van der Waals surface area contributed by atoms with Crippen LogP contribution in [0.5, 0.6) is 0 Å². The largest absolute Gasteiger partial charge is 0.392 e. The van der Waals surface area contributed by atoms with E-state index >= 15 is 0 Å². The molecule has 2 aromatic rings. The van der Waals surface area contributed by atoms with Gasteiger partial charge < -0.3 is 10.4 Å². The van der Waals surface area contributed by atoms with Crippen molar-refractivity contribution in [3.05, 3.63) is 59.7 Å². The third-order valence-electron chi connectivity index (χ3n) is 3.22. The van der Waals surface area contributed by atoms with E-state index in [4.69, 9.17) is 5.11 Å². The summed E-state index contributed by atoms with van der Waals surface area (Å²) in [4.78, 5) is 0.320. The molecule has 0 aliphatic heterocycles. The standard InChI is InChI=1S/C16H19NO3S/c1-21(19,20)16-5-3-2-4-15(16)17-11-10-13-6-8-14(12-18)9-7-13/h2-9,17-18H,10-12H2,1H3. The molecule has 0 saturated heterocycles. The zero-order valence-corrected chi connectivity index (χ0v) is 12.7. The molecular weight excluding hydrogens is 286 g/mol. The van der Waals surface area contributed by atoms with E-state index in [0.717, 1.165) is 17.5 Å². The van der Waals surface area contributed by atoms with Gasteiger partial charge >= 0.3 is 0 Å². The molecule has 0 aromatic heterocycles. The summed E-state index contributed by atoms with van der Waals surface area (Å²) >= 11 is 0. The predicted octanol–water partition coefficient (Wildman–Crippen LogP) is 2.24. The SMILES string of the molecule is CS(=O)(=O)c1ccccc1NCCc1ccc(CO)cc1. The molecule has 112 valence electrons. The van der Waals surface area contributed by atoms with E-state index in [0.29, 0.717) is 17.1 Å². The van der Waals surface area contributed by atoms with E-state index in [2.05, 4.69) is 5.32 Å².